The molecule has 0 bridgehead atoms. The van der Waals surface area contributed by atoms with Gasteiger partial charge in [-0.2, -0.15) is 0 Å². The van der Waals surface area contributed by atoms with Gasteiger partial charge >= 0.3 is 0 Å². The number of hydrogen-bond acceptors (Lipinski definition) is 3. The molecular weight excluding hydrogens is 352 g/mol. The van der Waals surface area contributed by atoms with Crippen LogP contribution < -0.4 is 15.8 Å². The quantitative estimate of drug-likeness (QED) is 0.651. The Bertz CT molecular complexity index is 785. The molecule has 0 saturated heterocycles. The molecule has 0 saturated carbocycles. The molecule has 0 unspecified atom stereocenters. The summed E-state index contributed by atoms with van der Waals surface area (Å²) in [5, 5.41) is 3.03. The number of aryl methyl sites for hydroxylation is 1. The second-order valence-electron chi connectivity index (χ2n) is 7.28. The fraction of sp³-hybridized carbons (Fsp3) is 0.391. The van der Waals surface area contributed by atoms with Crippen molar-refractivity contribution in [3.8, 4) is 5.75 Å². The highest BCUT2D eigenvalue weighted by atomic mass is 16.5. The largest absolute Gasteiger partial charge is 0.483 e. The van der Waals surface area contributed by atoms with Gasteiger partial charge in [0.25, 0.3) is 11.8 Å². The number of nitrogens with two attached hydrogens (primary N) is 1. The third kappa shape index (κ3) is 6.12. The van der Waals surface area contributed by atoms with Crippen LogP contribution in [0.15, 0.2) is 48.5 Å². The van der Waals surface area contributed by atoms with E-state index in [0.29, 0.717) is 5.75 Å². The number of benzene rings is 2. The molecule has 0 fully saturated rings. The lowest BCUT2D eigenvalue weighted by Gasteiger charge is -2.23. The van der Waals surface area contributed by atoms with Gasteiger partial charge in [-0.1, -0.05) is 63.6 Å². The molecule has 5 heteroatoms. The molecule has 3 N–H and O–H groups in total. The number of rotatable bonds is 10. The Morgan fingerprint density at radius 3 is 2.36 bits per heavy atom. The number of para-hydroxylation sites is 1. The fourth-order valence-corrected chi connectivity index (χ4v) is 3.06. The fourth-order valence-electron chi connectivity index (χ4n) is 3.06. The monoisotopic (exact) mass is 382 g/mol. The van der Waals surface area contributed by atoms with Gasteiger partial charge < -0.3 is 15.8 Å². The minimum atomic E-state index is -0.584. The van der Waals surface area contributed by atoms with Gasteiger partial charge in [-0.25, -0.2) is 0 Å². The Balaban J connectivity index is 2.00. The molecule has 1 atom stereocenters. The number of nitrogens with one attached hydrogen (secondary N) is 1. The highest BCUT2D eigenvalue weighted by molar-refractivity contribution is 5.95. The molecule has 5 nitrogen and oxygen atoms in total. The van der Waals surface area contributed by atoms with Crippen molar-refractivity contribution < 1.29 is 14.3 Å². The topological polar surface area (TPSA) is 81.4 Å². The minimum absolute atomic E-state index is 0.109. The van der Waals surface area contributed by atoms with E-state index < -0.39 is 5.91 Å². The Kier molecular flexibility index (Phi) is 8.05. The molecule has 2 aromatic rings. The van der Waals surface area contributed by atoms with Crippen molar-refractivity contribution in [2.75, 3.05) is 6.61 Å². The van der Waals surface area contributed by atoms with Crippen LogP contribution >= 0.6 is 0 Å². The summed E-state index contributed by atoms with van der Waals surface area (Å²) in [7, 11) is 0. The molecule has 150 valence electrons. The van der Waals surface area contributed by atoms with Crippen LogP contribution in [-0.2, 0) is 11.2 Å². The van der Waals surface area contributed by atoms with E-state index in [1.54, 1.807) is 24.3 Å². The van der Waals surface area contributed by atoms with E-state index in [2.05, 4.69) is 50.4 Å². The van der Waals surface area contributed by atoms with Crippen LogP contribution in [0, 0.1) is 5.92 Å². The predicted molar refractivity (Wildman–Crippen MR) is 111 cm³/mol. The van der Waals surface area contributed by atoms with Gasteiger partial charge in [-0.3, -0.25) is 9.59 Å². The van der Waals surface area contributed by atoms with E-state index in [4.69, 9.17) is 10.5 Å². The third-order valence-corrected chi connectivity index (χ3v) is 4.65. The van der Waals surface area contributed by atoms with Crippen molar-refractivity contribution in [1.82, 2.24) is 5.32 Å². The minimum Gasteiger partial charge on any atom is -0.483 e. The summed E-state index contributed by atoms with van der Waals surface area (Å²) in [6, 6.07) is 15.0. The average Bonchev–Trinajstić information content (AvgIpc) is 2.69. The van der Waals surface area contributed by atoms with Gasteiger partial charge in [0.15, 0.2) is 6.61 Å². The van der Waals surface area contributed by atoms with Crippen molar-refractivity contribution in [3.05, 3.63) is 65.2 Å². The summed E-state index contributed by atoms with van der Waals surface area (Å²) in [5.41, 5.74) is 7.98. The van der Waals surface area contributed by atoms with E-state index >= 15 is 0 Å². The highest BCUT2D eigenvalue weighted by Crippen LogP contribution is 2.23. The van der Waals surface area contributed by atoms with Gasteiger partial charge in [-0.15, -0.1) is 0 Å². The lowest BCUT2D eigenvalue weighted by molar-refractivity contribution is -0.124. The van der Waals surface area contributed by atoms with E-state index in [1.165, 1.54) is 18.4 Å². The predicted octanol–water partition coefficient (Wildman–Crippen LogP) is 4.02. The maximum Gasteiger partial charge on any atom is 0.258 e. The number of carbonyl (C=O) groups excluding carboxylic acids is 2. The highest BCUT2D eigenvalue weighted by Gasteiger charge is 2.19. The summed E-state index contributed by atoms with van der Waals surface area (Å²) in [6.07, 6.45) is 3.42. The summed E-state index contributed by atoms with van der Waals surface area (Å²) in [5.74, 6) is -0.290. The van der Waals surface area contributed by atoms with Crippen LogP contribution in [0.2, 0.25) is 0 Å². The Labute approximate surface area is 167 Å². The molecule has 0 heterocycles. The first kappa shape index (κ1) is 21.5. The molecule has 28 heavy (non-hydrogen) atoms. The first-order valence-electron chi connectivity index (χ1n) is 9.82. The molecule has 2 amide bonds. The summed E-state index contributed by atoms with van der Waals surface area (Å²) < 4.78 is 5.53. The zero-order valence-electron chi connectivity index (χ0n) is 16.9. The first-order chi connectivity index (χ1) is 13.4. The molecular formula is C23H30N2O3. The first-order valence-corrected chi connectivity index (χ1v) is 9.82. The van der Waals surface area contributed by atoms with Crippen LogP contribution in [0.5, 0.6) is 5.75 Å². The number of unbranched alkanes of at least 4 members (excludes halogenated alkanes) is 1. The van der Waals surface area contributed by atoms with Crippen molar-refractivity contribution in [1.29, 1.82) is 0 Å². The second kappa shape index (κ2) is 10.5. The molecule has 0 aliphatic rings. The summed E-state index contributed by atoms with van der Waals surface area (Å²) in [4.78, 5) is 23.9. The zero-order valence-corrected chi connectivity index (χ0v) is 16.9. The van der Waals surface area contributed by atoms with Crippen molar-refractivity contribution in [2.45, 2.75) is 46.1 Å². The third-order valence-electron chi connectivity index (χ3n) is 4.65. The van der Waals surface area contributed by atoms with Crippen LogP contribution in [0.3, 0.4) is 0 Å². The number of ether oxygens (including phenoxy) is 1. The maximum atomic E-state index is 12.4. The lowest BCUT2D eigenvalue weighted by Crippen LogP contribution is -2.35. The van der Waals surface area contributed by atoms with Crippen LogP contribution in [0.25, 0.3) is 0 Å². The van der Waals surface area contributed by atoms with Gasteiger partial charge in [-0.05, 0) is 42.0 Å². The number of amides is 2. The molecule has 2 aromatic carbocycles. The van der Waals surface area contributed by atoms with Crippen molar-refractivity contribution in [2.24, 2.45) is 11.7 Å². The Morgan fingerprint density at radius 2 is 1.75 bits per heavy atom. The smallest absolute Gasteiger partial charge is 0.258 e. The van der Waals surface area contributed by atoms with Crippen LogP contribution in [0.1, 0.15) is 61.1 Å². The van der Waals surface area contributed by atoms with E-state index in [1.807, 2.05) is 0 Å². The van der Waals surface area contributed by atoms with Gasteiger partial charge in [0, 0.05) is 0 Å². The molecule has 0 aliphatic carbocycles. The number of carbonyl (C=O) groups is 2. The maximum absolute atomic E-state index is 12.4. The molecule has 0 radical (unpaired) electrons. The molecule has 2 rings (SSSR count). The SMILES string of the molecule is CCCCc1ccc([C@@H](NC(=O)COc2ccccc2C(N)=O)C(C)C)cc1. The van der Waals surface area contributed by atoms with Gasteiger partial charge in [0.2, 0.25) is 0 Å². The van der Waals surface area contributed by atoms with Gasteiger partial charge in [0.1, 0.15) is 5.75 Å². The Morgan fingerprint density at radius 1 is 1.07 bits per heavy atom. The molecule has 0 aromatic heterocycles. The van der Waals surface area contributed by atoms with Crippen molar-refractivity contribution >= 4 is 11.8 Å². The lowest BCUT2D eigenvalue weighted by atomic mass is 9.94. The van der Waals surface area contributed by atoms with E-state index in [9.17, 15) is 9.59 Å². The van der Waals surface area contributed by atoms with Crippen LogP contribution in [0.4, 0.5) is 0 Å². The molecule has 0 spiro atoms. The summed E-state index contributed by atoms with van der Waals surface area (Å²) >= 11 is 0. The standard InChI is InChI=1S/C23H30N2O3/c1-4-5-8-17-11-13-18(14-12-17)22(16(2)3)25-21(26)15-28-20-10-7-6-9-19(20)23(24)27/h6-7,9-14,16,22H,4-5,8,15H2,1-3H3,(H2,24,27)(H,25,26)/t22-/m0/s1. The van der Waals surface area contributed by atoms with E-state index in [-0.39, 0.29) is 30.0 Å². The summed E-state index contributed by atoms with van der Waals surface area (Å²) in [6.45, 7) is 6.14. The second-order valence-corrected chi connectivity index (χ2v) is 7.28. The van der Waals surface area contributed by atoms with E-state index in [0.717, 1.165) is 12.0 Å². The molecule has 0 aliphatic heterocycles. The zero-order chi connectivity index (χ0) is 20.5. The van der Waals surface area contributed by atoms with Crippen molar-refractivity contribution in [3.63, 3.8) is 0 Å². The normalized spacial score (nSPS) is 11.9. The van der Waals surface area contributed by atoms with Gasteiger partial charge in [0.05, 0.1) is 11.6 Å². The van der Waals surface area contributed by atoms with Crippen LogP contribution in [-0.4, -0.2) is 18.4 Å². The Hall–Kier alpha value is -2.82. The number of hydrogen-bond donors (Lipinski definition) is 2. The number of primary amides is 1. The average molecular weight is 383 g/mol.